The fourth-order valence-corrected chi connectivity index (χ4v) is 1.64. The number of carboxylic acid groups (broad SMARTS) is 1. The Morgan fingerprint density at radius 3 is 2.67 bits per heavy atom. The van der Waals surface area contributed by atoms with E-state index in [1.807, 2.05) is 0 Å². The van der Waals surface area contributed by atoms with Crippen molar-refractivity contribution in [2.24, 2.45) is 0 Å². The Bertz CT molecular complexity index is 599. The average Bonchev–Trinajstić information content (AvgIpc) is 2.28. The van der Waals surface area contributed by atoms with Crippen LogP contribution in [0, 0.1) is 0 Å². The topological polar surface area (TPSA) is 72.6 Å². The molecule has 0 aliphatic heterocycles. The van der Waals surface area contributed by atoms with E-state index in [9.17, 15) is 4.79 Å². The van der Waals surface area contributed by atoms with Crippen LogP contribution in [0.4, 0.5) is 5.69 Å². The van der Waals surface area contributed by atoms with Crippen molar-refractivity contribution in [2.75, 3.05) is 5.73 Å². The molecule has 0 saturated carbocycles. The van der Waals surface area contributed by atoms with Crippen molar-refractivity contribution in [3.05, 3.63) is 53.1 Å². The number of anilines is 1. The SMILES string of the molecule is Nc1ccc(C(=O)O)c(Oc2cccc(Cl)c2)c1. The highest BCUT2D eigenvalue weighted by Gasteiger charge is 2.12. The Morgan fingerprint density at radius 1 is 1.22 bits per heavy atom. The van der Waals surface area contributed by atoms with Gasteiger partial charge in [-0.2, -0.15) is 0 Å². The molecule has 0 amide bonds. The lowest BCUT2D eigenvalue weighted by atomic mass is 10.2. The molecule has 2 aromatic carbocycles. The normalized spacial score (nSPS) is 10.1. The van der Waals surface area contributed by atoms with Crippen molar-refractivity contribution in [1.82, 2.24) is 0 Å². The number of carbonyl (C=O) groups is 1. The molecule has 0 aliphatic rings. The molecule has 4 nitrogen and oxygen atoms in total. The summed E-state index contributed by atoms with van der Waals surface area (Å²) < 4.78 is 5.49. The number of hydrogen-bond donors (Lipinski definition) is 2. The number of benzene rings is 2. The highest BCUT2D eigenvalue weighted by molar-refractivity contribution is 6.30. The summed E-state index contributed by atoms with van der Waals surface area (Å²) in [6.07, 6.45) is 0. The van der Waals surface area contributed by atoms with Crippen LogP contribution in [-0.4, -0.2) is 11.1 Å². The van der Waals surface area contributed by atoms with Gasteiger partial charge in [0.05, 0.1) is 0 Å². The van der Waals surface area contributed by atoms with Crippen molar-refractivity contribution in [3.63, 3.8) is 0 Å². The van der Waals surface area contributed by atoms with Crippen LogP contribution >= 0.6 is 11.6 Å². The number of nitrogens with two attached hydrogens (primary N) is 1. The van der Waals surface area contributed by atoms with Crippen LogP contribution in [0.25, 0.3) is 0 Å². The van der Waals surface area contributed by atoms with E-state index in [4.69, 9.17) is 27.2 Å². The van der Waals surface area contributed by atoms with Crippen LogP contribution < -0.4 is 10.5 Å². The Hall–Kier alpha value is -2.20. The maximum absolute atomic E-state index is 11.0. The summed E-state index contributed by atoms with van der Waals surface area (Å²) in [5.74, 6) is -0.438. The fourth-order valence-electron chi connectivity index (χ4n) is 1.46. The lowest BCUT2D eigenvalue weighted by Gasteiger charge is -2.09. The summed E-state index contributed by atoms with van der Waals surface area (Å²) in [6, 6.07) is 11.1. The molecule has 92 valence electrons. The van der Waals surface area contributed by atoms with Gasteiger partial charge in [-0.15, -0.1) is 0 Å². The molecule has 0 bridgehead atoms. The van der Waals surface area contributed by atoms with E-state index in [-0.39, 0.29) is 11.3 Å². The number of aromatic carboxylic acids is 1. The van der Waals surface area contributed by atoms with Crippen LogP contribution in [0.2, 0.25) is 5.02 Å². The summed E-state index contributed by atoms with van der Waals surface area (Å²) in [5.41, 5.74) is 6.09. The molecule has 0 radical (unpaired) electrons. The highest BCUT2D eigenvalue weighted by Crippen LogP contribution is 2.28. The van der Waals surface area contributed by atoms with E-state index in [2.05, 4.69) is 0 Å². The number of ether oxygens (including phenoxy) is 1. The third kappa shape index (κ3) is 2.73. The van der Waals surface area contributed by atoms with E-state index in [1.165, 1.54) is 18.2 Å². The van der Waals surface area contributed by atoms with Gasteiger partial charge in [0.25, 0.3) is 0 Å². The minimum atomic E-state index is -1.08. The zero-order valence-corrected chi connectivity index (χ0v) is 10.0. The van der Waals surface area contributed by atoms with Crippen molar-refractivity contribution >= 4 is 23.3 Å². The third-order valence-electron chi connectivity index (χ3n) is 2.26. The smallest absolute Gasteiger partial charge is 0.339 e. The second-order valence-electron chi connectivity index (χ2n) is 3.62. The highest BCUT2D eigenvalue weighted by atomic mass is 35.5. The zero-order valence-electron chi connectivity index (χ0n) is 9.26. The molecule has 18 heavy (non-hydrogen) atoms. The maximum atomic E-state index is 11.0. The van der Waals surface area contributed by atoms with E-state index >= 15 is 0 Å². The molecule has 0 aromatic heterocycles. The van der Waals surface area contributed by atoms with Crippen molar-refractivity contribution in [1.29, 1.82) is 0 Å². The Balaban J connectivity index is 2.39. The van der Waals surface area contributed by atoms with Gasteiger partial charge in [-0.05, 0) is 30.3 Å². The quantitative estimate of drug-likeness (QED) is 0.833. The van der Waals surface area contributed by atoms with Gasteiger partial charge in [0.1, 0.15) is 17.1 Å². The van der Waals surface area contributed by atoms with Gasteiger partial charge < -0.3 is 15.6 Å². The molecule has 2 rings (SSSR count). The molecule has 0 aliphatic carbocycles. The minimum absolute atomic E-state index is 0.0455. The number of carboxylic acids is 1. The molecular formula is C13H10ClNO3. The Kier molecular flexibility index (Phi) is 3.39. The van der Waals surface area contributed by atoms with Gasteiger partial charge in [0.15, 0.2) is 0 Å². The first kappa shape index (κ1) is 12.3. The third-order valence-corrected chi connectivity index (χ3v) is 2.50. The molecule has 2 aromatic rings. The van der Waals surface area contributed by atoms with Crippen molar-refractivity contribution < 1.29 is 14.6 Å². The average molecular weight is 264 g/mol. The molecule has 0 fully saturated rings. The number of halogens is 1. The summed E-state index contributed by atoms with van der Waals surface area (Å²) in [6.45, 7) is 0. The van der Waals surface area contributed by atoms with Gasteiger partial charge in [-0.25, -0.2) is 4.79 Å². The fraction of sp³-hybridized carbons (Fsp3) is 0. The molecular weight excluding hydrogens is 254 g/mol. The first-order valence-electron chi connectivity index (χ1n) is 5.12. The van der Waals surface area contributed by atoms with Gasteiger partial charge >= 0.3 is 5.97 Å². The number of hydrogen-bond acceptors (Lipinski definition) is 3. The molecule has 0 heterocycles. The van der Waals surface area contributed by atoms with Crippen LogP contribution in [-0.2, 0) is 0 Å². The van der Waals surface area contributed by atoms with Gasteiger partial charge in [-0.3, -0.25) is 0 Å². The summed E-state index contributed by atoms with van der Waals surface area (Å²) >= 11 is 5.82. The molecule has 0 saturated heterocycles. The second-order valence-corrected chi connectivity index (χ2v) is 4.06. The Morgan fingerprint density at radius 2 is 2.00 bits per heavy atom. The largest absolute Gasteiger partial charge is 0.478 e. The Labute approximate surface area is 109 Å². The van der Waals surface area contributed by atoms with Crippen LogP contribution in [0.15, 0.2) is 42.5 Å². The van der Waals surface area contributed by atoms with Crippen LogP contribution in [0.1, 0.15) is 10.4 Å². The van der Waals surface area contributed by atoms with Crippen LogP contribution in [0.3, 0.4) is 0 Å². The van der Waals surface area contributed by atoms with E-state index in [1.54, 1.807) is 24.3 Å². The summed E-state index contributed by atoms with van der Waals surface area (Å²) in [7, 11) is 0. The van der Waals surface area contributed by atoms with Crippen LogP contribution in [0.5, 0.6) is 11.5 Å². The lowest BCUT2D eigenvalue weighted by molar-refractivity contribution is 0.0694. The molecule has 0 atom stereocenters. The monoisotopic (exact) mass is 263 g/mol. The lowest BCUT2D eigenvalue weighted by Crippen LogP contribution is -2.01. The van der Waals surface area contributed by atoms with Gasteiger partial charge in [-0.1, -0.05) is 17.7 Å². The zero-order chi connectivity index (χ0) is 13.1. The maximum Gasteiger partial charge on any atom is 0.339 e. The van der Waals surface area contributed by atoms with Crippen molar-refractivity contribution in [3.8, 4) is 11.5 Å². The first-order chi connectivity index (χ1) is 8.56. The number of nitrogen functional groups attached to an aromatic ring is 1. The van der Waals surface area contributed by atoms with E-state index in [0.717, 1.165) is 0 Å². The first-order valence-corrected chi connectivity index (χ1v) is 5.50. The molecule has 5 heteroatoms. The molecule has 0 unspecified atom stereocenters. The number of rotatable bonds is 3. The standard InChI is InChI=1S/C13H10ClNO3/c14-8-2-1-3-10(6-8)18-12-7-9(15)4-5-11(12)13(16)17/h1-7H,15H2,(H,16,17). The summed E-state index contributed by atoms with van der Waals surface area (Å²) in [5, 5.41) is 9.55. The molecule has 3 N–H and O–H groups in total. The predicted octanol–water partition coefficient (Wildman–Crippen LogP) is 3.41. The van der Waals surface area contributed by atoms with Crippen molar-refractivity contribution in [2.45, 2.75) is 0 Å². The predicted molar refractivity (Wildman–Crippen MR) is 69.3 cm³/mol. The van der Waals surface area contributed by atoms with Gasteiger partial charge in [0.2, 0.25) is 0 Å². The second kappa shape index (κ2) is 4.98. The summed E-state index contributed by atoms with van der Waals surface area (Å²) in [4.78, 5) is 11.0. The molecule has 0 spiro atoms. The van der Waals surface area contributed by atoms with Gasteiger partial charge in [0, 0.05) is 16.8 Å². The minimum Gasteiger partial charge on any atom is -0.478 e. The van der Waals surface area contributed by atoms with E-state index in [0.29, 0.717) is 16.5 Å². The van der Waals surface area contributed by atoms with E-state index < -0.39 is 5.97 Å².